The van der Waals surface area contributed by atoms with Gasteiger partial charge < -0.3 is 16.8 Å². The number of nitrogen functional groups attached to an aromatic ring is 1. The van der Waals surface area contributed by atoms with Crippen molar-refractivity contribution in [3.8, 4) is 0 Å². The number of benzene rings is 1. The molecule has 0 fully saturated rings. The van der Waals surface area contributed by atoms with E-state index in [4.69, 9.17) is 11.5 Å². The molecule has 0 unspecified atom stereocenters. The summed E-state index contributed by atoms with van der Waals surface area (Å²) in [6.45, 7) is 0.674. The first-order chi connectivity index (χ1) is 5.77. The molecule has 0 bridgehead atoms. The van der Waals surface area contributed by atoms with E-state index in [0.717, 1.165) is 17.8 Å². The Bertz CT molecular complexity index is 258. The number of hydrogen-bond donors (Lipinski definition) is 3. The van der Waals surface area contributed by atoms with Gasteiger partial charge in [-0.3, -0.25) is 0 Å². The number of nitrogens with two attached hydrogens (primary N) is 2. The van der Waals surface area contributed by atoms with Crippen LogP contribution in [-0.2, 0) is 6.42 Å². The van der Waals surface area contributed by atoms with Crippen molar-refractivity contribution in [3.05, 3.63) is 23.8 Å². The highest BCUT2D eigenvalue weighted by Gasteiger charge is 1.97. The maximum atomic E-state index is 5.70. The molecular weight excluding hydrogens is 150 g/mol. The van der Waals surface area contributed by atoms with E-state index in [1.54, 1.807) is 0 Å². The van der Waals surface area contributed by atoms with E-state index in [9.17, 15) is 0 Å². The van der Waals surface area contributed by atoms with Crippen LogP contribution in [-0.4, -0.2) is 13.6 Å². The highest BCUT2D eigenvalue weighted by atomic mass is 14.8. The first-order valence-electron chi connectivity index (χ1n) is 4.04. The van der Waals surface area contributed by atoms with Crippen LogP contribution in [0.15, 0.2) is 18.2 Å². The van der Waals surface area contributed by atoms with E-state index >= 15 is 0 Å². The predicted molar refractivity (Wildman–Crippen MR) is 53.2 cm³/mol. The van der Waals surface area contributed by atoms with Crippen molar-refractivity contribution in [1.29, 1.82) is 0 Å². The first kappa shape index (κ1) is 8.87. The number of anilines is 2. The topological polar surface area (TPSA) is 64.1 Å². The van der Waals surface area contributed by atoms with Gasteiger partial charge >= 0.3 is 0 Å². The Morgan fingerprint density at radius 2 is 2.17 bits per heavy atom. The molecule has 0 atom stereocenters. The quantitative estimate of drug-likeness (QED) is 0.581. The SMILES string of the molecule is CNc1cc(CCN)ccc1N. The second kappa shape index (κ2) is 3.97. The summed E-state index contributed by atoms with van der Waals surface area (Å²) in [5, 5.41) is 3.03. The lowest BCUT2D eigenvalue weighted by atomic mass is 10.1. The number of hydrogen-bond acceptors (Lipinski definition) is 3. The molecule has 0 aliphatic heterocycles. The summed E-state index contributed by atoms with van der Waals surface area (Å²) >= 11 is 0. The van der Waals surface area contributed by atoms with Gasteiger partial charge in [0.15, 0.2) is 0 Å². The van der Waals surface area contributed by atoms with Crippen LogP contribution in [0.3, 0.4) is 0 Å². The molecule has 1 rings (SSSR count). The fraction of sp³-hybridized carbons (Fsp3) is 0.333. The zero-order valence-corrected chi connectivity index (χ0v) is 7.30. The Morgan fingerprint density at radius 1 is 1.42 bits per heavy atom. The van der Waals surface area contributed by atoms with Crippen LogP contribution < -0.4 is 16.8 Å². The van der Waals surface area contributed by atoms with Crippen molar-refractivity contribution in [2.24, 2.45) is 5.73 Å². The highest BCUT2D eigenvalue weighted by Crippen LogP contribution is 2.19. The molecule has 0 radical (unpaired) electrons. The molecular formula is C9H15N3. The van der Waals surface area contributed by atoms with Crippen molar-refractivity contribution in [1.82, 2.24) is 0 Å². The Morgan fingerprint density at radius 3 is 2.75 bits per heavy atom. The average molecular weight is 165 g/mol. The normalized spacial score (nSPS) is 9.83. The van der Waals surface area contributed by atoms with E-state index < -0.39 is 0 Å². The molecule has 0 saturated heterocycles. The van der Waals surface area contributed by atoms with Gasteiger partial charge in [-0.1, -0.05) is 6.07 Å². The minimum atomic E-state index is 0.674. The Labute approximate surface area is 72.8 Å². The standard InChI is InChI=1S/C9H15N3/c1-12-9-6-7(4-5-10)2-3-8(9)11/h2-3,6,12H,4-5,10-11H2,1H3. The largest absolute Gasteiger partial charge is 0.397 e. The second-order valence-corrected chi connectivity index (χ2v) is 2.71. The zero-order chi connectivity index (χ0) is 8.97. The summed E-state index contributed by atoms with van der Waals surface area (Å²) in [4.78, 5) is 0. The summed E-state index contributed by atoms with van der Waals surface area (Å²) in [7, 11) is 1.86. The van der Waals surface area contributed by atoms with Gasteiger partial charge in [0.1, 0.15) is 0 Å². The van der Waals surface area contributed by atoms with Gasteiger partial charge in [0.05, 0.1) is 11.4 Å². The minimum Gasteiger partial charge on any atom is -0.397 e. The maximum absolute atomic E-state index is 5.70. The van der Waals surface area contributed by atoms with Crippen LogP contribution in [0.25, 0.3) is 0 Å². The third-order valence-corrected chi connectivity index (χ3v) is 1.82. The molecule has 0 heterocycles. The first-order valence-corrected chi connectivity index (χ1v) is 4.04. The van der Waals surface area contributed by atoms with Gasteiger partial charge in [0.25, 0.3) is 0 Å². The third-order valence-electron chi connectivity index (χ3n) is 1.82. The molecule has 0 spiro atoms. The van der Waals surface area contributed by atoms with Crippen LogP contribution in [0.4, 0.5) is 11.4 Å². The highest BCUT2D eigenvalue weighted by molar-refractivity contribution is 5.66. The fourth-order valence-electron chi connectivity index (χ4n) is 1.14. The lowest BCUT2D eigenvalue weighted by molar-refractivity contribution is 0.969. The van der Waals surface area contributed by atoms with E-state index in [-0.39, 0.29) is 0 Å². The van der Waals surface area contributed by atoms with Gasteiger partial charge in [-0.25, -0.2) is 0 Å². The molecule has 1 aromatic carbocycles. The number of rotatable bonds is 3. The number of nitrogens with one attached hydrogen (secondary N) is 1. The van der Waals surface area contributed by atoms with Gasteiger partial charge in [-0.05, 0) is 30.7 Å². The van der Waals surface area contributed by atoms with Gasteiger partial charge in [-0.15, -0.1) is 0 Å². The summed E-state index contributed by atoms with van der Waals surface area (Å²) in [6, 6.07) is 5.93. The molecule has 12 heavy (non-hydrogen) atoms. The predicted octanol–water partition coefficient (Wildman–Crippen LogP) is 0.812. The van der Waals surface area contributed by atoms with Crippen molar-refractivity contribution >= 4 is 11.4 Å². The van der Waals surface area contributed by atoms with E-state index in [1.165, 1.54) is 5.56 Å². The van der Waals surface area contributed by atoms with Gasteiger partial charge in [0.2, 0.25) is 0 Å². The maximum Gasteiger partial charge on any atom is 0.0574 e. The van der Waals surface area contributed by atoms with E-state index in [2.05, 4.69) is 5.32 Å². The molecule has 5 N–H and O–H groups in total. The minimum absolute atomic E-state index is 0.674. The molecule has 66 valence electrons. The van der Waals surface area contributed by atoms with Crippen LogP contribution in [0, 0.1) is 0 Å². The molecule has 3 nitrogen and oxygen atoms in total. The summed E-state index contributed by atoms with van der Waals surface area (Å²) in [6.07, 6.45) is 0.898. The molecule has 0 amide bonds. The molecule has 3 heteroatoms. The van der Waals surface area contributed by atoms with Gasteiger partial charge in [-0.2, -0.15) is 0 Å². The molecule has 0 aromatic heterocycles. The third kappa shape index (κ3) is 1.89. The smallest absolute Gasteiger partial charge is 0.0574 e. The monoisotopic (exact) mass is 165 g/mol. The molecule has 1 aromatic rings. The van der Waals surface area contributed by atoms with Crippen LogP contribution in [0.5, 0.6) is 0 Å². The van der Waals surface area contributed by atoms with Crippen LogP contribution in [0.1, 0.15) is 5.56 Å². The second-order valence-electron chi connectivity index (χ2n) is 2.71. The van der Waals surface area contributed by atoms with Crippen LogP contribution in [0.2, 0.25) is 0 Å². The van der Waals surface area contributed by atoms with Crippen LogP contribution >= 0.6 is 0 Å². The van der Waals surface area contributed by atoms with E-state index in [0.29, 0.717) is 6.54 Å². The van der Waals surface area contributed by atoms with Crippen molar-refractivity contribution < 1.29 is 0 Å². The Kier molecular flexibility index (Phi) is 2.94. The van der Waals surface area contributed by atoms with Crippen molar-refractivity contribution in [2.75, 3.05) is 24.6 Å². The molecule has 0 aliphatic rings. The van der Waals surface area contributed by atoms with E-state index in [1.807, 2.05) is 25.2 Å². The van der Waals surface area contributed by atoms with Crippen molar-refractivity contribution in [2.45, 2.75) is 6.42 Å². The Balaban J connectivity index is 2.89. The Hall–Kier alpha value is -1.22. The average Bonchev–Trinajstić information content (AvgIpc) is 2.09. The van der Waals surface area contributed by atoms with Crippen molar-refractivity contribution in [3.63, 3.8) is 0 Å². The zero-order valence-electron chi connectivity index (χ0n) is 7.30. The summed E-state index contributed by atoms with van der Waals surface area (Å²) in [5.41, 5.74) is 14.1. The fourth-order valence-corrected chi connectivity index (χ4v) is 1.14. The summed E-state index contributed by atoms with van der Waals surface area (Å²) in [5.74, 6) is 0. The lowest BCUT2D eigenvalue weighted by Crippen LogP contribution is -2.04. The molecule has 0 aliphatic carbocycles. The summed E-state index contributed by atoms with van der Waals surface area (Å²) < 4.78 is 0. The van der Waals surface area contributed by atoms with Gasteiger partial charge in [0, 0.05) is 7.05 Å². The molecule has 0 saturated carbocycles. The lowest BCUT2D eigenvalue weighted by Gasteiger charge is -2.06.